The van der Waals surface area contributed by atoms with Gasteiger partial charge in [0.15, 0.2) is 5.96 Å². The van der Waals surface area contributed by atoms with Gasteiger partial charge in [0.25, 0.3) is 0 Å². The topological polar surface area (TPSA) is 54.2 Å². The number of nitrogens with one attached hydrogen (secondary N) is 2. The minimum atomic E-state index is 0.161. The first-order valence-electron chi connectivity index (χ1n) is 8.75. The van der Waals surface area contributed by atoms with E-state index >= 15 is 0 Å². The second-order valence-electron chi connectivity index (χ2n) is 6.05. The van der Waals surface area contributed by atoms with Crippen LogP contribution in [0.2, 0.25) is 0 Å². The van der Waals surface area contributed by atoms with Crippen LogP contribution in [0, 0.1) is 5.92 Å². The van der Waals surface area contributed by atoms with E-state index in [0.29, 0.717) is 5.92 Å². The first-order chi connectivity index (χ1) is 11.7. The van der Waals surface area contributed by atoms with Crippen molar-refractivity contribution in [1.29, 1.82) is 0 Å². The molecule has 0 saturated carbocycles. The zero-order valence-electron chi connectivity index (χ0n) is 15.2. The summed E-state index contributed by atoms with van der Waals surface area (Å²) < 4.78 is 1.87. The van der Waals surface area contributed by atoms with Crippen molar-refractivity contribution in [2.75, 3.05) is 13.6 Å². The Hall–Kier alpha value is -2.30. The second-order valence-corrected chi connectivity index (χ2v) is 6.05. The number of nitrogens with zero attached hydrogens (tertiary/aromatic N) is 3. The highest BCUT2D eigenvalue weighted by Crippen LogP contribution is 2.16. The van der Waals surface area contributed by atoms with Crippen molar-refractivity contribution in [3.8, 4) is 5.69 Å². The minimum absolute atomic E-state index is 0.161. The van der Waals surface area contributed by atoms with Crippen LogP contribution in [0.15, 0.2) is 47.7 Å². The average Bonchev–Trinajstić information content (AvgIpc) is 3.16. The highest BCUT2D eigenvalue weighted by atomic mass is 15.3. The van der Waals surface area contributed by atoms with Gasteiger partial charge >= 0.3 is 0 Å². The summed E-state index contributed by atoms with van der Waals surface area (Å²) in [6.45, 7) is 7.56. The second kappa shape index (κ2) is 9.11. The zero-order chi connectivity index (χ0) is 17.4. The smallest absolute Gasteiger partial charge is 0.191 e. The Labute approximate surface area is 145 Å². The van der Waals surface area contributed by atoms with Gasteiger partial charge in [-0.3, -0.25) is 4.99 Å². The third-order valence-electron chi connectivity index (χ3n) is 4.43. The zero-order valence-corrected chi connectivity index (χ0v) is 15.2. The van der Waals surface area contributed by atoms with E-state index in [4.69, 9.17) is 0 Å². The molecule has 24 heavy (non-hydrogen) atoms. The van der Waals surface area contributed by atoms with Crippen molar-refractivity contribution in [2.24, 2.45) is 10.9 Å². The van der Waals surface area contributed by atoms with Crippen molar-refractivity contribution in [1.82, 2.24) is 20.4 Å². The number of guanidine groups is 1. The number of aromatic nitrogens is 2. The van der Waals surface area contributed by atoms with Gasteiger partial charge in [-0.25, -0.2) is 4.68 Å². The summed E-state index contributed by atoms with van der Waals surface area (Å²) in [7, 11) is 1.81. The molecule has 5 nitrogen and oxygen atoms in total. The monoisotopic (exact) mass is 327 g/mol. The molecule has 1 heterocycles. The lowest BCUT2D eigenvalue weighted by Crippen LogP contribution is -2.40. The van der Waals surface area contributed by atoms with E-state index in [-0.39, 0.29) is 6.04 Å². The maximum Gasteiger partial charge on any atom is 0.191 e. The molecule has 0 saturated heterocycles. The van der Waals surface area contributed by atoms with Gasteiger partial charge in [-0.1, -0.05) is 38.8 Å². The van der Waals surface area contributed by atoms with Crippen LogP contribution in [0.25, 0.3) is 5.69 Å². The molecule has 0 bridgehead atoms. The number of aliphatic imine (C=N–C) groups is 1. The first kappa shape index (κ1) is 18.0. The summed E-state index contributed by atoms with van der Waals surface area (Å²) >= 11 is 0. The highest BCUT2D eigenvalue weighted by Gasteiger charge is 2.10. The van der Waals surface area contributed by atoms with E-state index in [1.165, 1.54) is 18.4 Å². The van der Waals surface area contributed by atoms with Gasteiger partial charge in [0.2, 0.25) is 0 Å². The van der Waals surface area contributed by atoms with E-state index in [9.17, 15) is 0 Å². The summed E-state index contributed by atoms with van der Waals surface area (Å²) in [5.41, 5.74) is 2.26. The van der Waals surface area contributed by atoms with Crippen molar-refractivity contribution in [3.05, 3.63) is 48.3 Å². The van der Waals surface area contributed by atoms with Gasteiger partial charge < -0.3 is 10.6 Å². The van der Waals surface area contributed by atoms with Crippen LogP contribution in [0.1, 0.15) is 45.2 Å². The molecular formula is C19H29N5. The lowest BCUT2D eigenvalue weighted by Gasteiger charge is -2.21. The molecule has 0 radical (unpaired) electrons. The summed E-state index contributed by atoms with van der Waals surface area (Å²) in [4.78, 5) is 4.34. The largest absolute Gasteiger partial charge is 0.356 e. The standard InChI is InChI=1S/C19H29N5/c1-5-16(6-2)14-21-19(20-4)23-15(3)17-9-7-10-18(13-17)24-12-8-11-22-24/h7-13,15-16H,5-6,14H2,1-4H3,(H2,20,21,23). The Balaban J connectivity index is 2.00. The molecular weight excluding hydrogens is 298 g/mol. The Morgan fingerprint density at radius 3 is 2.67 bits per heavy atom. The molecule has 1 aromatic heterocycles. The third-order valence-corrected chi connectivity index (χ3v) is 4.43. The van der Waals surface area contributed by atoms with E-state index in [2.05, 4.69) is 65.8 Å². The number of rotatable bonds is 7. The third kappa shape index (κ3) is 4.85. The molecule has 2 aromatic rings. The van der Waals surface area contributed by atoms with Crippen LogP contribution in [0.3, 0.4) is 0 Å². The summed E-state index contributed by atoms with van der Waals surface area (Å²) in [5.74, 6) is 1.53. The normalized spacial score (nSPS) is 13.1. The molecule has 0 spiro atoms. The van der Waals surface area contributed by atoms with Crippen LogP contribution in [-0.4, -0.2) is 29.3 Å². The molecule has 1 aromatic carbocycles. The molecule has 0 aliphatic rings. The van der Waals surface area contributed by atoms with Crippen LogP contribution in [0.4, 0.5) is 0 Å². The van der Waals surface area contributed by atoms with Crippen LogP contribution >= 0.6 is 0 Å². The van der Waals surface area contributed by atoms with E-state index < -0.39 is 0 Å². The molecule has 0 aliphatic carbocycles. The SMILES string of the molecule is CCC(CC)CNC(=NC)NC(C)c1cccc(-n2cccn2)c1. The van der Waals surface area contributed by atoms with Gasteiger partial charge in [0.1, 0.15) is 0 Å². The maximum absolute atomic E-state index is 4.34. The Morgan fingerprint density at radius 1 is 1.25 bits per heavy atom. The Morgan fingerprint density at radius 2 is 2.04 bits per heavy atom. The average molecular weight is 327 g/mol. The van der Waals surface area contributed by atoms with E-state index in [0.717, 1.165) is 18.2 Å². The van der Waals surface area contributed by atoms with Crippen molar-refractivity contribution < 1.29 is 0 Å². The number of hydrogen-bond donors (Lipinski definition) is 2. The van der Waals surface area contributed by atoms with Gasteiger partial charge in [-0.2, -0.15) is 5.10 Å². The quantitative estimate of drug-likeness (QED) is 0.604. The Bertz CT molecular complexity index is 629. The fourth-order valence-electron chi connectivity index (χ4n) is 2.66. The molecule has 130 valence electrons. The van der Waals surface area contributed by atoms with Gasteiger partial charge in [0, 0.05) is 26.0 Å². The lowest BCUT2D eigenvalue weighted by molar-refractivity contribution is 0.479. The molecule has 0 aliphatic heterocycles. The number of benzene rings is 1. The minimum Gasteiger partial charge on any atom is -0.356 e. The van der Waals surface area contributed by atoms with Crippen LogP contribution in [-0.2, 0) is 0 Å². The molecule has 1 atom stereocenters. The first-order valence-corrected chi connectivity index (χ1v) is 8.75. The molecule has 5 heteroatoms. The van der Waals surface area contributed by atoms with Crippen molar-refractivity contribution >= 4 is 5.96 Å². The molecule has 2 rings (SSSR count). The summed E-state index contributed by atoms with van der Waals surface area (Å²) in [6.07, 6.45) is 6.11. The molecule has 0 fully saturated rings. The van der Waals surface area contributed by atoms with E-state index in [1.807, 2.05) is 24.0 Å². The van der Waals surface area contributed by atoms with Gasteiger partial charge in [0.05, 0.1) is 11.7 Å². The number of hydrogen-bond acceptors (Lipinski definition) is 2. The van der Waals surface area contributed by atoms with Crippen molar-refractivity contribution in [2.45, 2.75) is 39.7 Å². The molecule has 0 amide bonds. The Kier molecular flexibility index (Phi) is 6.85. The molecule has 1 unspecified atom stereocenters. The van der Waals surface area contributed by atoms with Crippen LogP contribution < -0.4 is 10.6 Å². The predicted molar refractivity (Wildman–Crippen MR) is 101 cm³/mol. The van der Waals surface area contributed by atoms with Gasteiger partial charge in [-0.15, -0.1) is 0 Å². The fraction of sp³-hybridized carbons (Fsp3) is 0.474. The van der Waals surface area contributed by atoms with Crippen LogP contribution in [0.5, 0.6) is 0 Å². The lowest BCUT2D eigenvalue weighted by atomic mass is 10.0. The fourth-order valence-corrected chi connectivity index (χ4v) is 2.66. The molecule has 2 N–H and O–H groups in total. The van der Waals surface area contributed by atoms with E-state index in [1.54, 1.807) is 6.20 Å². The van der Waals surface area contributed by atoms with Crippen molar-refractivity contribution in [3.63, 3.8) is 0 Å². The predicted octanol–water partition coefficient (Wildman–Crippen LogP) is 3.53. The summed E-state index contributed by atoms with van der Waals surface area (Å²) in [6, 6.07) is 10.5. The maximum atomic E-state index is 4.34. The van der Waals surface area contributed by atoms with Gasteiger partial charge in [-0.05, 0) is 36.6 Å². The summed E-state index contributed by atoms with van der Waals surface area (Å²) in [5, 5.41) is 11.2. The highest BCUT2D eigenvalue weighted by molar-refractivity contribution is 5.80.